The third-order valence-electron chi connectivity index (χ3n) is 3.60. The average molecular weight is 334 g/mol. The summed E-state index contributed by atoms with van der Waals surface area (Å²) in [6.07, 6.45) is 0.748. The lowest BCUT2D eigenvalue weighted by atomic mass is 9.93. The number of para-hydroxylation sites is 1. The third kappa shape index (κ3) is 2.41. The highest BCUT2D eigenvalue weighted by Crippen LogP contribution is 2.40. The Morgan fingerprint density at radius 3 is 2.80 bits per heavy atom. The van der Waals surface area contributed by atoms with Gasteiger partial charge in [0.1, 0.15) is 17.6 Å². The average Bonchev–Trinajstić information content (AvgIpc) is 2.47. The summed E-state index contributed by atoms with van der Waals surface area (Å²) < 4.78 is 12.3. The van der Waals surface area contributed by atoms with Crippen LogP contribution >= 0.6 is 15.9 Å². The molecule has 2 N–H and O–H groups in total. The van der Waals surface area contributed by atoms with Crippen LogP contribution in [0.25, 0.3) is 0 Å². The summed E-state index contributed by atoms with van der Waals surface area (Å²) in [6, 6.07) is 14.0. The normalized spacial score (nSPS) is 20.9. The Labute approximate surface area is 126 Å². The summed E-state index contributed by atoms with van der Waals surface area (Å²) in [5, 5.41) is 0. The quantitative estimate of drug-likeness (QED) is 0.903. The first-order valence-electron chi connectivity index (χ1n) is 6.53. The Hall–Kier alpha value is -1.52. The van der Waals surface area contributed by atoms with Gasteiger partial charge in [-0.1, -0.05) is 24.3 Å². The van der Waals surface area contributed by atoms with Gasteiger partial charge in [0.05, 0.1) is 11.6 Å². The highest BCUT2D eigenvalue weighted by atomic mass is 79.9. The maximum atomic E-state index is 6.25. The molecule has 104 valence electrons. The van der Waals surface area contributed by atoms with E-state index in [0.717, 1.165) is 33.5 Å². The molecule has 2 aromatic rings. The van der Waals surface area contributed by atoms with Crippen molar-refractivity contribution in [1.82, 2.24) is 0 Å². The first kappa shape index (κ1) is 13.5. The van der Waals surface area contributed by atoms with E-state index in [0.29, 0.717) is 0 Å². The number of hydrogen-bond acceptors (Lipinski definition) is 3. The number of benzene rings is 2. The van der Waals surface area contributed by atoms with Crippen molar-refractivity contribution in [2.45, 2.75) is 18.6 Å². The first-order valence-corrected chi connectivity index (χ1v) is 7.33. The number of fused-ring (bicyclic) bond motifs is 1. The molecule has 4 heteroatoms. The second-order valence-corrected chi connectivity index (χ2v) is 5.73. The number of rotatable bonds is 2. The fourth-order valence-electron chi connectivity index (χ4n) is 2.54. The fourth-order valence-corrected chi connectivity index (χ4v) is 3.10. The molecule has 0 fully saturated rings. The molecule has 3 nitrogen and oxygen atoms in total. The van der Waals surface area contributed by atoms with Gasteiger partial charge >= 0.3 is 0 Å². The Balaban J connectivity index is 1.91. The Morgan fingerprint density at radius 1 is 1.25 bits per heavy atom. The van der Waals surface area contributed by atoms with Gasteiger partial charge in [0.2, 0.25) is 0 Å². The predicted molar refractivity (Wildman–Crippen MR) is 82.1 cm³/mol. The summed E-state index contributed by atoms with van der Waals surface area (Å²) in [7, 11) is 1.66. The molecular weight excluding hydrogens is 318 g/mol. The monoisotopic (exact) mass is 333 g/mol. The van der Waals surface area contributed by atoms with Crippen molar-refractivity contribution >= 4 is 15.9 Å². The van der Waals surface area contributed by atoms with E-state index < -0.39 is 0 Å². The van der Waals surface area contributed by atoms with Gasteiger partial charge in [-0.3, -0.25) is 0 Å². The van der Waals surface area contributed by atoms with Gasteiger partial charge in [-0.15, -0.1) is 0 Å². The largest absolute Gasteiger partial charge is 0.496 e. The van der Waals surface area contributed by atoms with Crippen LogP contribution in [-0.4, -0.2) is 7.11 Å². The van der Waals surface area contributed by atoms with Crippen LogP contribution in [0.1, 0.15) is 29.7 Å². The maximum Gasteiger partial charge on any atom is 0.133 e. The fraction of sp³-hybridized carbons (Fsp3) is 0.250. The van der Waals surface area contributed by atoms with Crippen molar-refractivity contribution < 1.29 is 9.47 Å². The van der Waals surface area contributed by atoms with E-state index in [9.17, 15) is 0 Å². The molecule has 20 heavy (non-hydrogen) atoms. The van der Waals surface area contributed by atoms with Gasteiger partial charge in [0.15, 0.2) is 0 Å². The lowest BCUT2D eigenvalue weighted by molar-refractivity contribution is 0.161. The minimum absolute atomic E-state index is 0.00540. The molecule has 0 spiro atoms. The van der Waals surface area contributed by atoms with Gasteiger partial charge in [0.25, 0.3) is 0 Å². The van der Waals surface area contributed by atoms with E-state index in [4.69, 9.17) is 15.2 Å². The molecule has 0 saturated carbocycles. The molecule has 3 rings (SSSR count). The number of methoxy groups -OCH3 is 1. The van der Waals surface area contributed by atoms with Crippen LogP contribution in [-0.2, 0) is 0 Å². The predicted octanol–water partition coefficient (Wildman–Crippen LogP) is 3.98. The molecule has 2 unspecified atom stereocenters. The second-order valence-electron chi connectivity index (χ2n) is 4.88. The van der Waals surface area contributed by atoms with Crippen LogP contribution in [0.2, 0.25) is 0 Å². The lowest BCUT2D eigenvalue weighted by Gasteiger charge is -2.30. The smallest absolute Gasteiger partial charge is 0.133 e. The molecule has 1 aliphatic heterocycles. The molecule has 0 aliphatic carbocycles. The number of hydrogen-bond donors (Lipinski definition) is 1. The molecule has 0 bridgehead atoms. The Morgan fingerprint density at radius 2 is 2.05 bits per heavy atom. The second kappa shape index (κ2) is 5.46. The van der Waals surface area contributed by atoms with Crippen LogP contribution in [0, 0.1) is 0 Å². The minimum Gasteiger partial charge on any atom is -0.496 e. The maximum absolute atomic E-state index is 6.25. The topological polar surface area (TPSA) is 44.5 Å². The third-order valence-corrected chi connectivity index (χ3v) is 4.22. The first-order chi connectivity index (χ1) is 9.69. The minimum atomic E-state index is -0.0258. The molecule has 2 atom stereocenters. The zero-order valence-corrected chi connectivity index (χ0v) is 12.8. The molecule has 1 aliphatic rings. The molecule has 0 radical (unpaired) electrons. The summed E-state index contributed by atoms with van der Waals surface area (Å²) >= 11 is 3.51. The van der Waals surface area contributed by atoms with Crippen molar-refractivity contribution in [1.29, 1.82) is 0 Å². The van der Waals surface area contributed by atoms with E-state index in [1.807, 2.05) is 42.5 Å². The highest BCUT2D eigenvalue weighted by molar-refractivity contribution is 9.10. The van der Waals surface area contributed by atoms with E-state index in [1.165, 1.54) is 0 Å². The summed E-state index contributed by atoms with van der Waals surface area (Å²) in [6.45, 7) is 0. The van der Waals surface area contributed by atoms with Crippen LogP contribution < -0.4 is 15.2 Å². The molecule has 0 saturated heterocycles. The Bertz CT molecular complexity index is 630. The van der Waals surface area contributed by atoms with Gasteiger partial charge in [-0.05, 0) is 39.7 Å². The zero-order chi connectivity index (χ0) is 14.1. The highest BCUT2D eigenvalue weighted by Gasteiger charge is 2.27. The molecular formula is C16H16BrNO2. The van der Waals surface area contributed by atoms with Gasteiger partial charge < -0.3 is 15.2 Å². The van der Waals surface area contributed by atoms with E-state index in [-0.39, 0.29) is 12.1 Å². The van der Waals surface area contributed by atoms with Crippen molar-refractivity contribution in [2.24, 2.45) is 5.73 Å². The molecule has 0 aromatic heterocycles. The van der Waals surface area contributed by atoms with Crippen molar-refractivity contribution in [3.63, 3.8) is 0 Å². The standard InChI is InChI=1S/C16H16BrNO2/c1-19-15-7-6-10(8-12(15)17)16-9-13(18)11-4-2-3-5-14(11)20-16/h2-8,13,16H,9,18H2,1H3. The molecule has 2 aromatic carbocycles. The number of halogens is 1. The molecule has 0 amide bonds. The molecule has 1 heterocycles. The Kier molecular flexibility index (Phi) is 3.68. The van der Waals surface area contributed by atoms with Gasteiger partial charge in [-0.2, -0.15) is 0 Å². The summed E-state index contributed by atoms with van der Waals surface area (Å²) in [4.78, 5) is 0. The summed E-state index contributed by atoms with van der Waals surface area (Å²) in [5.74, 6) is 1.69. The van der Waals surface area contributed by atoms with E-state index >= 15 is 0 Å². The lowest BCUT2D eigenvalue weighted by Crippen LogP contribution is -2.24. The SMILES string of the molecule is COc1ccc(C2CC(N)c3ccccc3O2)cc1Br. The zero-order valence-electron chi connectivity index (χ0n) is 11.2. The number of nitrogens with two attached hydrogens (primary N) is 1. The van der Waals surface area contributed by atoms with Crippen LogP contribution in [0.15, 0.2) is 46.9 Å². The number of ether oxygens (including phenoxy) is 2. The summed E-state index contributed by atoms with van der Waals surface area (Å²) in [5.41, 5.74) is 8.43. The van der Waals surface area contributed by atoms with Gasteiger partial charge in [0, 0.05) is 18.0 Å². The van der Waals surface area contributed by atoms with Gasteiger partial charge in [-0.25, -0.2) is 0 Å². The van der Waals surface area contributed by atoms with Crippen molar-refractivity contribution in [3.05, 3.63) is 58.1 Å². The van der Waals surface area contributed by atoms with E-state index in [1.54, 1.807) is 7.11 Å². The van der Waals surface area contributed by atoms with Crippen LogP contribution in [0.4, 0.5) is 0 Å². The van der Waals surface area contributed by atoms with Crippen molar-refractivity contribution in [3.8, 4) is 11.5 Å². The van der Waals surface area contributed by atoms with Crippen molar-refractivity contribution in [2.75, 3.05) is 7.11 Å². The van der Waals surface area contributed by atoms with Crippen LogP contribution in [0.5, 0.6) is 11.5 Å². The van der Waals surface area contributed by atoms with E-state index in [2.05, 4.69) is 15.9 Å². The van der Waals surface area contributed by atoms with Crippen LogP contribution in [0.3, 0.4) is 0 Å².